The third-order valence-corrected chi connectivity index (χ3v) is 2.97. The number of nitrogens with one attached hydrogen (secondary N) is 1. The lowest BCUT2D eigenvalue weighted by molar-refractivity contribution is -0.305. The molecule has 0 atom stereocenters. The molecule has 6 heteroatoms. The predicted octanol–water partition coefficient (Wildman–Crippen LogP) is 0.589. The Kier molecular flexibility index (Phi) is 3.57. The first kappa shape index (κ1) is 12.5. The van der Waals surface area contributed by atoms with E-state index in [0.29, 0.717) is 22.1 Å². The largest absolute Gasteiger partial charge is 0.550 e. The summed E-state index contributed by atoms with van der Waals surface area (Å²) in [5.74, 6) is -1.13. The fourth-order valence-corrected chi connectivity index (χ4v) is 2.07. The fourth-order valence-electron chi connectivity index (χ4n) is 1.78. The van der Waals surface area contributed by atoms with Crippen LogP contribution in [0.15, 0.2) is 29.1 Å². The number of nitrogens with zero attached hydrogens (tertiary/aromatic N) is 1. The van der Waals surface area contributed by atoms with Crippen LogP contribution in [0, 0.1) is 4.77 Å². The molecule has 1 aromatic heterocycles. The van der Waals surface area contributed by atoms with E-state index in [1.165, 1.54) is 4.57 Å². The Balaban J connectivity index is 2.42. The smallest absolute Gasteiger partial charge is 0.262 e. The fraction of sp³-hybridized carbons (Fsp3) is 0.250. The minimum absolute atomic E-state index is 0.0892. The third kappa shape index (κ3) is 2.48. The second kappa shape index (κ2) is 5.14. The summed E-state index contributed by atoms with van der Waals surface area (Å²) in [4.78, 5) is 25.4. The van der Waals surface area contributed by atoms with Crippen LogP contribution >= 0.6 is 12.2 Å². The molecule has 0 amide bonds. The Bertz CT molecular complexity index is 702. The number of para-hydroxylation sites is 1. The van der Waals surface area contributed by atoms with Crippen LogP contribution in [0.3, 0.4) is 0 Å². The van der Waals surface area contributed by atoms with Crippen LogP contribution in [0.4, 0.5) is 0 Å². The molecule has 5 nitrogen and oxygen atoms in total. The molecule has 0 spiro atoms. The molecule has 0 bridgehead atoms. The van der Waals surface area contributed by atoms with Crippen molar-refractivity contribution in [3.8, 4) is 0 Å². The Labute approximate surface area is 108 Å². The first-order valence-corrected chi connectivity index (χ1v) is 5.92. The van der Waals surface area contributed by atoms with Crippen molar-refractivity contribution < 1.29 is 9.90 Å². The third-order valence-electron chi connectivity index (χ3n) is 2.65. The number of hydrogen-bond acceptors (Lipinski definition) is 4. The van der Waals surface area contributed by atoms with Crippen LogP contribution in [0.25, 0.3) is 10.9 Å². The zero-order valence-corrected chi connectivity index (χ0v) is 10.3. The quantitative estimate of drug-likeness (QED) is 0.819. The summed E-state index contributed by atoms with van der Waals surface area (Å²) in [6.45, 7) is 0.271. The summed E-state index contributed by atoms with van der Waals surface area (Å²) in [5.41, 5.74) is 0.483. The maximum Gasteiger partial charge on any atom is 0.262 e. The van der Waals surface area contributed by atoms with Crippen molar-refractivity contribution in [3.05, 3.63) is 39.4 Å². The van der Waals surface area contributed by atoms with Crippen LogP contribution in [0.5, 0.6) is 0 Å². The van der Waals surface area contributed by atoms with Gasteiger partial charge in [0.05, 0.1) is 10.9 Å². The highest BCUT2D eigenvalue weighted by molar-refractivity contribution is 7.71. The number of aliphatic carboxylic acids is 1. The van der Waals surface area contributed by atoms with Crippen molar-refractivity contribution in [3.63, 3.8) is 0 Å². The van der Waals surface area contributed by atoms with E-state index < -0.39 is 5.97 Å². The number of rotatable bonds is 4. The van der Waals surface area contributed by atoms with Gasteiger partial charge in [-0.2, -0.15) is 0 Å². The summed E-state index contributed by atoms with van der Waals surface area (Å²) < 4.78 is 1.68. The lowest BCUT2D eigenvalue weighted by Gasteiger charge is -2.08. The van der Waals surface area contributed by atoms with Gasteiger partial charge in [-0.3, -0.25) is 9.36 Å². The zero-order valence-electron chi connectivity index (χ0n) is 9.51. The van der Waals surface area contributed by atoms with Crippen molar-refractivity contribution in [1.82, 2.24) is 9.55 Å². The van der Waals surface area contributed by atoms with Gasteiger partial charge in [-0.05, 0) is 37.2 Å². The van der Waals surface area contributed by atoms with Gasteiger partial charge in [-0.25, -0.2) is 0 Å². The van der Waals surface area contributed by atoms with E-state index in [4.69, 9.17) is 12.2 Å². The van der Waals surface area contributed by atoms with E-state index in [9.17, 15) is 14.7 Å². The van der Waals surface area contributed by atoms with Gasteiger partial charge >= 0.3 is 0 Å². The molecule has 0 aliphatic carbocycles. The van der Waals surface area contributed by atoms with Crippen LogP contribution in [0.2, 0.25) is 0 Å². The molecule has 1 heterocycles. The predicted molar refractivity (Wildman–Crippen MR) is 67.6 cm³/mol. The minimum atomic E-state index is -1.13. The van der Waals surface area contributed by atoms with Crippen LogP contribution < -0.4 is 10.7 Å². The number of carboxylic acid groups (broad SMARTS) is 1. The highest BCUT2D eigenvalue weighted by Gasteiger charge is 2.04. The van der Waals surface area contributed by atoms with E-state index in [1.807, 2.05) is 6.07 Å². The van der Waals surface area contributed by atoms with Crippen LogP contribution in [-0.2, 0) is 11.3 Å². The number of aromatic amines is 1. The van der Waals surface area contributed by atoms with Crippen molar-refractivity contribution in [2.24, 2.45) is 0 Å². The molecular weight excluding hydrogens is 252 g/mol. The van der Waals surface area contributed by atoms with Crippen molar-refractivity contribution in [1.29, 1.82) is 0 Å². The number of carbonyl (C=O) groups is 1. The molecule has 0 radical (unpaired) electrons. The molecular formula is C12H11N2O3S-. The first-order chi connectivity index (χ1) is 8.59. The van der Waals surface area contributed by atoms with Gasteiger partial charge in [-0.15, -0.1) is 0 Å². The summed E-state index contributed by atoms with van der Waals surface area (Å²) in [7, 11) is 0. The molecule has 1 N–H and O–H groups in total. The molecule has 0 aliphatic heterocycles. The first-order valence-electron chi connectivity index (χ1n) is 5.51. The van der Waals surface area contributed by atoms with Crippen molar-refractivity contribution in [2.75, 3.05) is 0 Å². The van der Waals surface area contributed by atoms with E-state index in [-0.39, 0.29) is 18.5 Å². The molecule has 2 aromatic rings. The van der Waals surface area contributed by atoms with Gasteiger partial charge in [0.15, 0.2) is 4.77 Å². The molecule has 1 aromatic carbocycles. The monoisotopic (exact) mass is 263 g/mol. The molecule has 0 aliphatic rings. The Morgan fingerprint density at radius 1 is 1.39 bits per heavy atom. The molecule has 0 fully saturated rings. The SMILES string of the molecule is O=C([O-])CCCn1c(=S)[nH]c2ccccc2c1=O. The minimum Gasteiger partial charge on any atom is -0.550 e. The summed E-state index contributed by atoms with van der Waals surface area (Å²) in [5, 5.41) is 10.9. The Hall–Kier alpha value is -1.95. The number of fused-ring (bicyclic) bond motifs is 1. The van der Waals surface area contributed by atoms with Gasteiger partial charge in [-0.1, -0.05) is 12.1 Å². The maximum absolute atomic E-state index is 12.1. The summed E-state index contributed by atoms with van der Waals surface area (Å²) in [6.07, 6.45) is 0.228. The van der Waals surface area contributed by atoms with Crippen molar-refractivity contribution >= 4 is 29.1 Å². The summed E-state index contributed by atoms with van der Waals surface area (Å²) >= 11 is 5.09. The normalized spacial score (nSPS) is 10.7. The van der Waals surface area contributed by atoms with E-state index in [0.717, 1.165) is 0 Å². The zero-order chi connectivity index (χ0) is 13.1. The highest BCUT2D eigenvalue weighted by Crippen LogP contribution is 2.06. The second-order valence-corrected chi connectivity index (χ2v) is 4.29. The topological polar surface area (TPSA) is 77.9 Å². The Morgan fingerprint density at radius 3 is 2.83 bits per heavy atom. The number of H-pyrrole nitrogens is 1. The maximum atomic E-state index is 12.1. The average Bonchev–Trinajstić information content (AvgIpc) is 2.33. The number of aromatic nitrogens is 2. The van der Waals surface area contributed by atoms with Crippen LogP contribution in [-0.4, -0.2) is 15.5 Å². The standard InChI is InChI=1S/C12H12N2O3S/c15-10(16)6-3-7-14-11(17)8-4-1-2-5-9(8)13-12(14)18/h1-2,4-5H,3,6-7H2,(H,13,18)(H,15,16)/p-1. The lowest BCUT2D eigenvalue weighted by atomic mass is 10.2. The molecule has 0 saturated carbocycles. The van der Waals surface area contributed by atoms with E-state index in [2.05, 4.69) is 4.98 Å². The lowest BCUT2D eigenvalue weighted by Crippen LogP contribution is -2.25. The Morgan fingerprint density at radius 2 is 2.11 bits per heavy atom. The highest BCUT2D eigenvalue weighted by atomic mass is 32.1. The van der Waals surface area contributed by atoms with E-state index >= 15 is 0 Å². The van der Waals surface area contributed by atoms with E-state index in [1.54, 1.807) is 18.2 Å². The van der Waals surface area contributed by atoms with Crippen LogP contribution in [0.1, 0.15) is 12.8 Å². The molecule has 0 unspecified atom stereocenters. The molecule has 18 heavy (non-hydrogen) atoms. The van der Waals surface area contributed by atoms with Gasteiger partial charge in [0, 0.05) is 12.5 Å². The molecule has 2 rings (SSSR count). The van der Waals surface area contributed by atoms with Gasteiger partial charge in [0.2, 0.25) is 0 Å². The molecule has 94 valence electrons. The number of hydrogen-bond donors (Lipinski definition) is 1. The molecule has 0 saturated heterocycles. The second-order valence-electron chi connectivity index (χ2n) is 3.91. The number of benzene rings is 1. The van der Waals surface area contributed by atoms with Gasteiger partial charge in [0.1, 0.15) is 0 Å². The number of carbonyl (C=O) groups excluding carboxylic acids is 1. The van der Waals surface area contributed by atoms with Gasteiger partial charge < -0.3 is 14.9 Å². The van der Waals surface area contributed by atoms with Crippen molar-refractivity contribution in [2.45, 2.75) is 19.4 Å². The average molecular weight is 263 g/mol. The van der Waals surface area contributed by atoms with Gasteiger partial charge in [0.25, 0.3) is 5.56 Å². The summed E-state index contributed by atoms with van der Waals surface area (Å²) in [6, 6.07) is 7.07. The number of carboxylic acids is 1.